The highest BCUT2D eigenvalue weighted by atomic mass is 16.2. The second-order valence-electron chi connectivity index (χ2n) is 4.14. The first kappa shape index (κ1) is 12.3. The van der Waals surface area contributed by atoms with Gasteiger partial charge in [-0.1, -0.05) is 18.2 Å². The summed E-state index contributed by atoms with van der Waals surface area (Å²) in [4.78, 5) is 11.4. The van der Waals surface area contributed by atoms with E-state index in [0.29, 0.717) is 0 Å². The third kappa shape index (κ3) is 2.26. The Morgan fingerprint density at radius 1 is 1.33 bits per heavy atom. The lowest BCUT2D eigenvalue weighted by molar-refractivity contribution is -0.120. The Morgan fingerprint density at radius 3 is 2.61 bits per heavy atom. The number of para-hydroxylation sites is 1. The number of amides is 1. The molecule has 3 N–H and O–H groups in total. The van der Waals surface area contributed by atoms with Crippen molar-refractivity contribution in [2.75, 3.05) is 0 Å². The Hall–Kier alpha value is -2.14. The Bertz CT molecular complexity index is 560. The number of carbonyl (C=O) groups is 1. The summed E-state index contributed by atoms with van der Waals surface area (Å²) in [6.07, 6.45) is 0.251. The molecule has 0 spiro atoms. The van der Waals surface area contributed by atoms with Gasteiger partial charge in [-0.05, 0) is 26.0 Å². The fourth-order valence-electron chi connectivity index (χ4n) is 1.96. The molecule has 5 nitrogen and oxygen atoms in total. The first-order chi connectivity index (χ1) is 8.63. The molecule has 1 aromatic carbocycles. The molecule has 0 aliphatic heterocycles. The van der Waals surface area contributed by atoms with Gasteiger partial charge in [0.25, 0.3) is 0 Å². The molecule has 18 heavy (non-hydrogen) atoms. The highest BCUT2D eigenvalue weighted by molar-refractivity contribution is 5.78. The average molecular weight is 244 g/mol. The third-order valence-corrected chi connectivity index (χ3v) is 2.94. The van der Waals surface area contributed by atoms with E-state index in [2.05, 4.69) is 10.5 Å². The number of nitrogens with two attached hydrogens (primary N) is 1. The fraction of sp³-hybridized carbons (Fsp3) is 0.231. The van der Waals surface area contributed by atoms with Crippen molar-refractivity contribution in [3.8, 4) is 5.69 Å². The van der Waals surface area contributed by atoms with E-state index in [1.165, 1.54) is 0 Å². The maximum Gasteiger partial charge on any atom is 0.238 e. The van der Waals surface area contributed by atoms with Crippen LogP contribution in [-0.4, -0.2) is 15.7 Å². The van der Waals surface area contributed by atoms with Crippen LogP contribution in [0.25, 0.3) is 5.69 Å². The van der Waals surface area contributed by atoms with Gasteiger partial charge in [-0.3, -0.25) is 10.2 Å². The number of nitrogens with one attached hydrogen (secondary N) is 1. The monoisotopic (exact) mass is 244 g/mol. The number of nitrogens with zero attached hydrogens (tertiary/aromatic N) is 2. The number of carbonyl (C=O) groups excluding carboxylic acids is 1. The number of benzene rings is 1. The summed E-state index contributed by atoms with van der Waals surface area (Å²) in [5, 5.41) is 4.46. The summed E-state index contributed by atoms with van der Waals surface area (Å²) in [7, 11) is 0. The largest absolute Gasteiger partial charge is 0.294 e. The van der Waals surface area contributed by atoms with Gasteiger partial charge in [0.05, 0.1) is 17.8 Å². The number of hydrogen-bond donors (Lipinski definition) is 2. The third-order valence-electron chi connectivity index (χ3n) is 2.94. The molecule has 0 aliphatic carbocycles. The van der Waals surface area contributed by atoms with Gasteiger partial charge in [-0.2, -0.15) is 5.10 Å². The Kier molecular flexibility index (Phi) is 3.43. The quantitative estimate of drug-likeness (QED) is 0.481. The van der Waals surface area contributed by atoms with Crippen LogP contribution in [0.2, 0.25) is 0 Å². The van der Waals surface area contributed by atoms with E-state index in [1.54, 1.807) is 0 Å². The van der Waals surface area contributed by atoms with Crippen LogP contribution in [-0.2, 0) is 11.2 Å². The molecule has 0 unspecified atom stereocenters. The second kappa shape index (κ2) is 5.01. The van der Waals surface area contributed by atoms with Crippen molar-refractivity contribution >= 4 is 5.91 Å². The minimum absolute atomic E-state index is 0.214. The Morgan fingerprint density at radius 2 is 2.00 bits per heavy atom. The van der Waals surface area contributed by atoms with Crippen LogP contribution in [0.3, 0.4) is 0 Å². The maximum atomic E-state index is 11.4. The molecule has 94 valence electrons. The second-order valence-corrected chi connectivity index (χ2v) is 4.14. The SMILES string of the molecule is Cc1nn(-c2ccccc2)c(C)c1CC(=O)NN. The molecule has 0 atom stereocenters. The summed E-state index contributed by atoms with van der Waals surface area (Å²) in [6.45, 7) is 3.84. The maximum absolute atomic E-state index is 11.4. The van der Waals surface area contributed by atoms with Gasteiger partial charge in [0.15, 0.2) is 0 Å². The van der Waals surface area contributed by atoms with Crippen LogP contribution >= 0.6 is 0 Å². The summed E-state index contributed by atoms with van der Waals surface area (Å²) in [6, 6.07) is 9.83. The van der Waals surface area contributed by atoms with Crippen LogP contribution in [0.1, 0.15) is 17.0 Å². The van der Waals surface area contributed by atoms with Gasteiger partial charge in [0.2, 0.25) is 5.91 Å². The molecule has 2 rings (SSSR count). The minimum Gasteiger partial charge on any atom is -0.294 e. The van der Waals surface area contributed by atoms with Crippen molar-refractivity contribution in [1.82, 2.24) is 15.2 Å². The fourth-order valence-corrected chi connectivity index (χ4v) is 1.96. The summed E-state index contributed by atoms with van der Waals surface area (Å²) >= 11 is 0. The van der Waals surface area contributed by atoms with Crippen molar-refractivity contribution in [1.29, 1.82) is 0 Å². The molecule has 0 bridgehead atoms. The standard InChI is InChI=1S/C13H16N4O/c1-9-12(8-13(18)15-14)10(2)17(16-9)11-6-4-3-5-7-11/h3-7H,8,14H2,1-2H3,(H,15,18). The summed E-state index contributed by atoms with van der Waals surface area (Å²) in [5.74, 6) is 4.90. The lowest BCUT2D eigenvalue weighted by atomic mass is 10.1. The average Bonchev–Trinajstić information content (AvgIpc) is 2.67. The zero-order valence-corrected chi connectivity index (χ0v) is 10.5. The van der Waals surface area contributed by atoms with E-state index in [0.717, 1.165) is 22.6 Å². The van der Waals surface area contributed by atoms with E-state index in [-0.39, 0.29) is 12.3 Å². The van der Waals surface area contributed by atoms with Crippen molar-refractivity contribution < 1.29 is 4.79 Å². The predicted molar refractivity (Wildman–Crippen MR) is 69.1 cm³/mol. The molecule has 0 saturated heterocycles. The van der Waals surface area contributed by atoms with Gasteiger partial charge in [-0.15, -0.1) is 0 Å². The number of hydrogen-bond acceptors (Lipinski definition) is 3. The highest BCUT2D eigenvalue weighted by Crippen LogP contribution is 2.18. The van der Waals surface area contributed by atoms with Crippen LogP contribution in [0, 0.1) is 13.8 Å². The topological polar surface area (TPSA) is 72.9 Å². The Balaban J connectivity index is 2.41. The van der Waals surface area contributed by atoms with Gasteiger partial charge in [0, 0.05) is 11.3 Å². The molecule has 0 aliphatic rings. The summed E-state index contributed by atoms with van der Waals surface area (Å²) < 4.78 is 1.84. The molecule has 0 fully saturated rings. The molecule has 1 heterocycles. The van der Waals surface area contributed by atoms with Gasteiger partial charge in [0.1, 0.15) is 0 Å². The minimum atomic E-state index is -0.214. The van der Waals surface area contributed by atoms with Crippen LogP contribution < -0.4 is 11.3 Å². The zero-order chi connectivity index (χ0) is 13.1. The van der Waals surface area contributed by atoms with E-state index >= 15 is 0 Å². The molecular formula is C13H16N4O. The zero-order valence-electron chi connectivity index (χ0n) is 10.5. The molecule has 2 aromatic rings. The van der Waals surface area contributed by atoms with Gasteiger partial charge < -0.3 is 0 Å². The van der Waals surface area contributed by atoms with Crippen molar-refractivity contribution in [2.24, 2.45) is 5.84 Å². The smallest absolute Gasteiger partial charge is 0.238 e. The van der Waals surface area contributed by atoms with Gasteiger partial charge in [-0.25, -0.2) is 10.5 Å². The van der Waals surface area contributed by atoms with Gasteiger partial charge >= 0.3 is 0 Å². The normalized spacial score (nSPS) is 10.4. The lowest BCUT2D eigenvalue weighted by Gasteiger charge is -2.04. The first-order valence-electron chi connectivity index (χ1n) is 5.73. The summed E-state index contributed by atoms with van der Waals surface area (Å²) in [5.41, 5.74) is 5.85. The number of rotatable bonds is 3. The van der Waals surface area contributed by atoms with E-state index in [1.807, 2.05) is 48.9 Å². The van der Waals surface area contributed by atoms with E-state index in [4.69, 9.17) is 5.84 Å². The van der Waals surface area contributed by atoms with Crippen LogP contribution in [0.15, 0.2) is 30.3 Å². The molecule has 0 radical (unpaired) electrons. The molecule has 5 heteroatoms. The number of aromatic nitrogens is 2. The van der Waals surface area contributed by atoms with Crippen molar-refractivity contribution in [3.05, 3.63) is 47.3 Å². The number of hydrazine groups is 1. The lowest BCUT2D eigenvalue weighted by Crippen LogP contribution is -2.31. The highest BCUT2D eigenvalue weighted by Gasteiger charge is 2.15. The Labute approximate surface area is 106 Å². The van der Waals surface area contributed by atoms with Crippen molar-refractivity contribution in [2.45, 2.75) is 20.3 Å². The first-order valence-corrected chi connectivity index (χ1v) is 5.73. The van der Waals surface area contributed by atoms with E-state index in [9.17, 15) is 4.79 Å². The molecule has 1 aromatic heterocycles. The van der Waals surface area contributed by atoms with Crippen molar-refractivity contribution in [3.63, 3.8) is 0 Å². The van der Waals surface area contributed by atoms with Crippen LogP contribution in [0.5, 0.6) is 0 Å². The molecular weight excluding hydrogens is 228 g/mol. The van der Waals surface area contributed by atoms with E-state index < -0.39 is 0 Å². The van der Waals surface area contributed by atoms with Crippen LogP contribution in [0.4, 0.5) is 0 Å². The predicted octanol–water partition coefficient (Wildman–Crippen LogP) is 1.02. The molecule has 1 amide bonds. The molecule has 0 saturated carbocycles. The number of aryl methyl sites for hydroxylation is 1.